The number of anilines is 1. The molecule has 0 saturated carbocycles. The summed E-state index contributed by atoms with van der Waals surface area (Å²) >= 11 is 11.8. The number of Topliss-reactive ketones (excluding diaryl/α,β-unsaturated/α-hetero) is 1. The first kappa shape index (κ1) is 23.7. The van der Waals surface area contributed by atoms with Crippen molar-refractivity contribution in [2.24, 2.45) is 7.05 Å². The predicted molar refractivity (Wildman–Crippen MR) is 103 cm³/mol. The normalized spacial score (nSPS) is 12.4. The van der Waals surface area contributed by atoms with E-state index in [4.69, 9.17) is 23.2 Å². The zero-order chi connectivity index (χ0) is 23.0. The summed E-state index contributed by atoms with van der Waals surface area (Å²) in [6.07, 6.45) is -4.74. The van der Waals surface area contributed by atoms with Crippen LogP contribution >= 0.6 is 23.2 Å². The van der Waals surface area contributed by atoms with Crippen LogP contribution in [0.4, 0.5) is 23.2 Å². The van der Waals surface area contributed by atoms with Crippen LogP contribution in [0.3, 0.4) is 0 Å². The lowest BCUT2D eigenvalue weighted by atomic mass is 10.1. The average Bonchev–Trinajstić information content (AvgIpc) is 2.85. The van der Waals surface area contributed by atoms with Crippen LogP contribution in [0.5, 0.6) is 0 Å². The first-order valence-corrected chi connectivity index (χ1v) is 9.04. The summed E-state index contributed by atoms with van der Waals surface area (Å²) in [4.78, 5) is 37.0. The van der Waals surface area contributed by atoms with E-state index >= 15 is 0 Å². The third-order valence-electron chi connectivity index (χ3n) is 4.23. The summed E-state index contributed by atoms with van der Waals surface area (Å²) in [6.45, 7) is 1.99. The van der Waals surface area contributed by atoms with Crippen molar-refractivity contribution in [2.75, 3.05) is 5.32 Å². The van der Waals surface area contributed by atoms with Gasteiger partial charge in [0.1, 0.15) is 17.0 Å². The topological polar surface area (TPSA) is 80.2 Å². The Hall–Kier alpha value is -2.59. The number of hydrogen-bond acceptors (Lipinski definition) is 3. The van der Waals surface area contributed by atoms with E-state index in [-0.39, 0.29) is 32.7 Å². The molecule has 0 spiro atoms. The van der Waals surface area contributed by atoms with Crippen molar-refractivity contribution in [3.05, 3.63) is 51.0 Å². The molecule has 1 atom stereocenters. The van der Waals surface area contributed by atoms with Gasteiger partial charge in [0.05, 0.1) is 16.3 Å². The monoisotopic (exact) mass is 467 g/mol. The SMILES string of the molecule is Cc1c(C(=O)Nc2ccc(F)c(Cl)c2)c(Cl)n(C)c1C(=O)C(=O)NC(C)C(F)(F)F. The molecule has 0 fully saturated rings. The van der Waals surface area contributed by atoms with E-state index in [2.05, 4.69) is 5.32 Å². The van der Waals surface area contributed by atoms with E-state index in [1.165, 1.54) is 20.0 Å². The number of alkyl halides is 3. The van der Waals surface area contributed by atoms with E-state index in [0.29, 0.717) is 6.92 Å². The van der Waals surface area contributed by atoms with Gasteiger partial charge in [0.25, 0.3) is 17.6 Å². The minimum atomic E-state index is -4.74. The molecule has 1 heterocycles. The van der Waals surface area contributed by atoms with Crippen molar-refractivity contribution < 1.29 is 31.9 Å². The van der Waals surface area contributed by atoms with Crippen LogP contribution in [0.15, 0.2) is 18.2 Å². The van der Waals surface area contributed by atoms with Crippen molar-refractivity contribution >= 4 is 46.5 Å². The second-order valence-electron chi connectivity index (χ2n) is 6.35. The molecule has 30 heavy (non-hydrogen) atoms. The minimum Gasteiger partial charge on any atom is -0.338 e. The van der Waals surface area contributed by atoms with Gasteiger partial charge in [-0.25, -0.2) is 4.39 Å². The number of aromatic nitrogens is 1. The van der Waals surface area contributed by atoms with Gasteiger partial charge in [-0.3, -0.25) is 14.4 Å². The van der Waals surface area contributed by atoms with Gasteiger partial charge in [-0.2, -0.15) is 13.2 Å². The van der Waals surface area contributed by atoms with E-state index in [9.17, 15) is 31.9 Å². The van der Waals surface area contributed by atoms with E-state index in [0.717, 1.165) is 16.7 Å². The fourth-order valence-corrected chi connectivity index (χ4v) is 3.09. The molecule has 0 aliphatic heterocycles. The van der Waals surface area contributed by atoms with Crippen molar-refractivity contribution in [2.45, 2.75) is 26.1 Å². The Morgan fingerprint density at radius 2 is 1.77 bits per heavy atom. The summed E-state index contributed by atoms with van der Waals surface area (Å²) in [5.74, 6) is -4.29. The summed E-state index contributed by atoms with van der Waals surface area (Å²) in [7, 11) is 1.27. The average molecular weight is 468 g/mol. The first-order chi connectivity index (χ1) is 13.8. The molecule has 1 unspecified atom stereocenters. The lowest BCUT2D eigenvalue weighted by molar-refractivity contribution is -0.156. The van der Waals surface area contributed by atoms with Gasteiger partial charge >= 0.3 is 6.18 Å². The lowest BCUT2D eigenvalue weighted by Gasteiger charge is -2.16. The van der Waals surface area contributed by atoms with Gasteiger partial charge in [0.15, 0.2) is 0 Å². The quantitative estimate of drug-likeness (QED) is 0.391. The Balaban J connectivity index is 2.33. The van der Waals surface area contributed by atoms with Crippen LogP contribution in [-0.2, 0) is 11.8 Å². The third-order valence-corrected chi connectivity index (χ3v) is 4.96. The molecule has 2 amide bonds. The largest absolute Gasteiger partial charge is 0.408 e. The molecule has 1 aromatic carbocycles. The van der Waals surface area contributed by atoms with Crippen LogP contribution < -0.4 is 10.6 Å². The number of carbonyl (C=O) groups is 3. The van der Waals surface area contributed by atoms with Gasteiger partial charge in [-0.15, -0.1) is 0 Å². The molecule has 2 rings (SSSR count). The molecule has 162 valence electrons. The second kappa shape index (κ2) is 8.65. The summed E-state index contributed by atoms with van der Waals surface area (Å²) in [5, 5.41) is 3.52. The zero-order valence-corrected chi connectivity index (χ0v) is 17.3. The van der Waals surface area contributed by atoms with E-state index < -0.39 is 35.6 Å². The predicted octanol–water partition coefficient (Wildman–Crippen LogP) is 4.28. The minimum absolute atomic E-state index is 0.0204. The number of ketones is 1. The number of nitrogens with one attached hydrogen (secondary N) is 2. The zero-order valence-electron chi connectivity index (χ0n) is 15.7. The maximum Gasteiger partial charge on any atom is 0.408 e. The molecule has 0 aliphatic rings. The highest BCUT2D eigenvalue weighted by Crippen LogP contribution is 2.28. The summed E-state index contributed by atoms with van der Waals surface area (Å²) in [5.41, 5.74) is -0.419. The maximum atomic E-state index is 13.3. The lowest BCUT2D eigenvalue weighted by Crippen LogP contribution is -2.46. The molecule has 2 aromatic rings. The molecule has 0 saturated heterocycles. The van der Waals surface area contributed by atoms with Crippen LogP contribution in [0, 0.1) is 12.7 Å². The Labute approximate surface area is 178 Å². The molecular weight excluding hydrogens is 453 g/mol. The third kappa shape index (κ3) is 4.76. The number of benzene rings is 1. The highest BCUT2D eigenvalue weighted by atomic mass is 35.5. The van der Waals surface area contributed by atoms with Gasteiger partial charge in [0.2, 0.25) is 0 Å². The molecule has 2 N–H and O–H groups in total. The molecule has 6 nitrogen and oxygen atoms in total. The number of carbonyl (C=O) groups excluding carboxylic acids is 3. The number of hydrogen-bond donors (Lipinski definition) is 2. The second-order valence-corrected chi connectivity index (χ2v) is 7.11. The molecular formula is C18H15Cl2F4N3O3. The van der Waals surface area contributed by atoms with Crippen molar-refractivity contribution in [3.63, 3.8) is 0 Å². The maximum absolute atomic E-state index is 13.3. The van der Waals surface area contributed by atoms with Crippen LogP contribution in [0.2, 0.25) is 10.2 Å². The van der Waals surface area contributed by atoms with E-state index in [1.807, 2.05) is 0 Å². The van der Waals surface area contributed by atoms with Crippen LogP contribution in [0.1, 0.15) is 33.3 Å². The highest BCUT2D eigenvalue weighted by molar-refractivity contribution is 6.44. The fourth-order valence-electron chi connectivity index (χ4n) is 2.60. The molecule has 0 radical (unpaired) electrons. The highest BCUT2D eigenvalue weighted by Gasteiger charge is 2.39. The van der Waals surface area contributed by atoms with Crippen LogP contribution in [0.25, 0.3) is 0 Å². The van der Waals surface area contributed by atoms with E-state index in [1.54, 1.807) is 5.32 Å². The Kier molecular flexibility index (Phi) is 6.83. The molecule has 1 aromatic heterocycles. The molecule has 12 heteroatoms. The van der Waals surface area contributed by atoms with Gasteiger partial charge < -0.3 is 15.2 Å². The Morgan fingerprint density at radius 3 is 2.30 bits per heavy atom. The Morgan fingerprint density at radius 1 is 1.17 bits per heavy atom. The van der Waals surface area contributed by atoms with Gasteiger partial charge in [-0.1, -0.05) is 23.2 Å². The standard InChI is InChI=1S/C18H15Cl2F4N3O3/c1-7-12(16(29)26-9-4-5-11(21)10(19)6-9)15(20)27(3)13(7)14(28)17(30)25-8(2)18(22,23)24/h4-6,8H,1-3H3,(H,25,30)(H,26,29). The molecule has 0 bridgehead atoms. The summed E-state index contributed by atoms with van der Waals surface area (Å²) < 4.78 is 52.2. The Bertz CT molecular complexity index is 1030. The van der Waals surface area contributed by atoms with Crippen LogP contribution in [-0.4, -0.2) is 34.4 Å². The van der Waals surface area contributed by atoms with Gasteiger partial charge in [-0.05, 0) is 37.6 Å². The fraction of sp³-hybridized carbons (Fsp3) is 0.278. The van der Waals surface area contributed by atoms with Crippen molar-refractivity contribution in [3.8, 4) is 0 Å². The number of amides is 2. The number of halogens is 6. The molecule has 0 aliphatic carbocycles. The van der Waals surface area contributed by atoms with Crippen molar-refractivity contribution in [1.29, 1.82) is 0 Å². The number of rotatable bonds is 5. The van der Waals surface area contributed by atoms with Gasteiger partial charge in [0, 0.05) is 12.7 Å². The first-order valence-electron chi connectivity index (χ1n) is 8.28. The summed E-state index contributed by atoms with van der Waals surface area (Å²) in [6, 6.07) is 1.16. The smallest absolute Gasteiger partial charge is 0.338 e. The number of nitrogens with zero attached hydrogens (tertiary/aromatic N) is 1. The van der Waals surface area contributed by atoms with Crippen molar-refractivity contribution in [1.82, 2.24) is 9.88 Å².